The smallest absolute Gasteiger partial charge is 0.268 e. The third kappa shape index (κ3) is 5.45. The SMILES string of the molecule is N#C/C(=C\c1ccc(-c2cccc(Cl)c2)o1)C(=O)Nc1ncc(Cc2cccc(Cl)c2)s1. The van der Waals surface area contributed by atoms with Crippen LogP contribution in [0.3, 0.4) is 0 Å². The molecule has 0 unspecified atom stereocenters. The topological polar surface area (TPSA) is 78.9 Å². The highest BCUT2D eigenvalue weighted by molar-refractivity contribution is 7.15. The molecule has 2 aromatic carbocycles. The van der Waals surface area contributed by atoms with Crippen molar-refractivity contribution < 1.29 is 9.21 Å². The average molecular weight is 480 g/mol. The van der Waals surface area contributed by atoms with Gasteiger partial charge in [-0.1, -0.05) is 47.5 Å². The average Bonchev–Trinajstić information content (AvgIpc) is 3.41. The van der Waals surface area contributed by atoms with E-state index >= 15 is 0 Å². The van der Waals surface area contributed by atoms with Gasteiger partial charge in [-0.15, -0.1) is 11.3 Å². The molecule has 0 spiro atoms. The number of nitrogens with one attached hydrogen (secondary N) is 1. The monoisotopic (exact) mass is 479 g/mol. The Balaban J connectivity index is 1.45. The van der Waals surface area contributed by atoms with Gasteiger partial charge in [0.2, 0.25) is 0 Å². The fourth-order valence-electron chi connectivity index (χ4n) is 2.98. The first-order valence-electron chi connectivity index (χ1n) is 9.48. The van der Waals surface area contributed by atoms with Crippen LogP contribution >= 0.6 is 34.5 Å². The van der Waals surface area contributed by atoms with E-state index < -0.39 is 5.91 Å². The standard InChI is InChI=1S/C24H15Cl2N3O2S/c25-18-5-1-3-15(9-18)10-21-14-28-24(32-21)29-23(30)17(13-27)12-20-7-8-22(31-20)16-4-2-6-19(26)11-16/h1-9,11-12,14H,10H2,(H,28,29,30)/b17-12+. The molecule has 1 amide bonds. The highest BCUT2D eigenvalue weighted by Crippen LogP contribution is 2.26. The zero-order chi connectivity index (χ0) is 22.5. The summed E-state index contributed by atoms with van der Waals surface area (Å²) in [5.74, 6) is 0.409. The predicted octanol–water partition coefficient (Wildman–Crippen LogP) is 6.85. The fourth-order valence-corrected chi connectivity index (χ4v) is 4.22. The Hall–Kier alpha value is -3.37. The number of aromatic nitrogens is 1. The van der Waals surface area contributed by atoms with Crippen LogP contribution in [0.25, 0.3) is 17.4 Å². The fraction of sp³-hybridized carbons (Fsp3) is 0.0417. The van der Waals surface area contributed by atoms with Gasteiger partial charge >= 0.3 is 0 Å². The van der Waals surface area contributed by atoms with Crippen molar-refractivity contribution in [3.05, 3.63) is 98.7 Å². The summed E-state index contributed by atoms with van der Waals surface area (Å²) in [4.78, 5) is 17.8. The number of nitriles is 1. The molecule has 0 bridgehead atoms. The minimum absolute atomic E-state index is 0.0939. The van der Waals surface area contributed by atoms with Gasteiger partial charge in [0.1, 0.15) is 23.2 Å². The molecule has 0 radical (unpaired) electrons. The van der Waals surface area contributed by atoms with Crippen LogP contribution in [0.4, 0.5) is 5.13 Å². The van der Waals surface area contributed by atoms with E-state index in [2.05, 4.69) is 10.3 Å². The first-order valence-corrected chi connectivity index (χ1v) is 11.1. The lowest BCUT2D eigenvalue weighted by Gasteiger charge is -2.00. The van der Waals surface area contributed by atoms with E-state index in [9.17, 15) is 10.1 Å². The normalized spacial score (nSPS) is 11.2. The van der Waals surface area contributed by atoms with Gasteiger partial charge in [0.15, 0.2) is 5.13 Å². The molecule has 32 heavy (non-hydrogen) atoms. The first-order chi connectivity index (χ1) is 15.5. The van der Waals surface area contributed by atoms with Gasteiger partial charge in [0.25, 0.3) is 5.91 Å². The molecule has 0 aliphatic carbocycles. The first kappa shape index (κ1) is 21.8. The van der Waals surface area contributed by atoms with Crippen LogP contribution in [0.1, 0.15) is 16.2 Å². The molecule has 1 N–H and O–H groups in total. The summed E-state index contributed by atoms with van der Waals surface area (Å²) in [5.41, 5.74) is 1.75. The Kier molecular flexibility index (Phi) is 6.72. The summed E-state index contributed by atoms with van der Waals surface area (Å²) in [6.07, 6.45) is 3.73. The molecule has 0 fully saturated rings. The predicted molar refractivity (Wildman–Crippen MR) is 128 cm³/mol. The maximum absolute atomic E-state index is 12.6. The quantitative estimate of drug-likeness (QED) is 0.242. The van der Waals surface area contributed by atoms with Crippen LogP contribution < -0.4 is 5.32 Å². The third-order valence-electron chi connectivity index (χ3n) is 4.43. The minimum Gasteiger partial charge on any atom is -0.457 e. The lowest BCUT2D eigenvalue weighted by Crippen LogP contribution is -2.13. The van der Waals surface area contributed by atoms with Gasteiger partial charge in [-0.05, 0) is 42.0 Å². The number of carbonyl (C=O) groups excluding carboxylic acids is 1. The third-order valence-corrected chi connectivity index (χ3v) is 5.81. The van der Waals surface area contributed by atoms with Crippen LogP contribution in [0.2, 0.25) is 10.0 Å². The zero-order valence-electron chi connectivity index (χ0n) is 16.5. The van der Waals surface area contributed by atoms with Gasteiger partial charge in [0, 0.05) is 39.2 Å². The Morgan fingerprint density at radius 1 is 1.12 bits per heavy atom. The van der Waals surface area contributed by atoms with E-state index in [-0.39, 0.29) is 5.57 Å². The number of carbonyl (C=O) groups is 1. The molecule has 0 aliphatic rings. The summed E-state index contributed by atoms with van der Waals surface area (Å²) >= 11 is 13.4. The van der Waals surface area contributed by atoms with Crippen LogP contribution in [0, 0.1) is 11.3 Å². The van der Waals surface area contributed by atoms with Crippen molar-refractivity contribution in [3.8, 4) is 17.4 Å². The van der Waals surface area contributed by atoms with Crippen molar-refractivity contribution in [2.24, 2.45) is 0 Å². The molecule has 0 atom stereocenters. The summed E-state index contributed by atoms with van der Waals surface area (Å²) in [5, 5.41) is 13.8. The van der Waals surface area contributed by atoms with Crippen LogP contribution in [-0.2, 0) is 11.2 Å². The minimum atomic E-state index is -0.558. The largest absolute Gasteiger partial charge is 0.457 e. The lowest BCUT2D eigenvalue weighted by molar-refractivity contribution is -0.112. The Morgan fingerprint density at radius 2 is 1.91 bits per heavy atom. The second kappa shape index (κ2) is 9.84. The number of hydrogen-bond donors (Lipinski definition) is 1. The molecule has 8 heteroatoms. The number of hydrogen-bond acceptors (Lipinski definition) is 5. The van der Waals surface area contributed by atoms with Crippen LogP contribution in [-0.4, -0.2) is 10.9 Å². The van der Waals surface area contributed by atoms with E-state index in [0.717, 1.165) is 16.0 Å². The van der Waals surface area contributed by atoms with Gasteiger partial charge in [-0.25, -0.2) is 4.98 Å². The molecule has 158 valence electrons. The van der Waals surface area contributed by atoms with Gasteiger partial charge in [-0.2, -0.15) is 5.26 Å². The molecule has 4 rings (SSSR count). The van der Waals surface area contributed by atoms with Gasteiger partial charge in [0.05, 0.1) is 0 Å². The maximum atomic E-state index is 12.6. The van der Waals surface area contributed by atoms with Gasteiger partial charge < -0.3 is 4.42 Å². The van der Waals surface area contributed by atoms with Crippen molar-refractivity contribution in [2.75, 3.05) is 5.32 Å². The van der Waals surface area contributed by atoms with Crippen molar-refractivity contribution in [3.63, 3.8) is 0 Å². The maximum Gasteiger partial charge on any atom is 0.268 e. The highest BCUT2D eigenvalue weighted by Gasteiger charge is 2.14. The molecule has 4 aromatic rings. The summed E-state index contributed by atoms with van der Waals surface area (Å²) in [7, 11) is 0. The second-order valence-electron chi connectivity index (χ2n) is 6.77. The molecular weight excluding hydrogens is 465 g/mol. The van der Waals surface area contributed by atoms with E-state index in [1.54, 1.807) is 30.5 Å². The number of furan rings is 1. The summed E-state index contributed by atoms with van der Waals surface area (Å²) < 4.78 is 5.75. The van der Waals surface area contributed by atoms with E-state index in [1.807, 2.05) is 42.5 Å². The number of rotatable bonds is 6. The molecule has 0 aliphatic heterocycles. The molecule has 5 nitrogen and oxygen atoms in total. The van der Waals surface area contributed by atoms with Crippen molar-refractivity contribution in [1.29, 1.82) is 5.26 Å². The number of thiazole rings is 1. The van der Waals surface area contributed by atoms with Crippen LogP contribution in [0.15, 0.2) is 76.9 Å². The second-order valence-corrected chi connectivity index (χ2v) is 8.76. The number of anilines is 1. The number of amides is 1. The summed E-state index contributed by atoms with van der Waals surface area (Å²) in [6, 6.07) is 20.1. The van der Waals surface area contributed by atoms with E-state index in [4.69, 9.17) is 27.6 Å². The van der Waals surface area contributed by atoms with Crippen LogP contribution in [0.5, 0.6) is 0 Å². The van der Waals surface area contributed by atoms with Crippen molar-refractivity contribution in [2.45, 2.75) is 6.42 Å². The zero-order valence-corrected chi connectivity index (χ0v) is 18.8. The lowest BCUT2D eigenvalue weighted by atomic mass is 10.1. The Labute approximate surface area is 198 Å². The number of halogens is 2. The Bertz CT molecular complexity index is 1350. The number of nitrogens with zero attached hydrogens (tertiary/aromatic N) is 2. The molecule has 0 saturated carbocycles. The highest BCUT2D eigenvalue weighted by atomic mass is 35.5. The summed E-state index contributed by atoms with van der Waals surface area (Å²) in [6.45, 7) is 0. The molecular formula is C24H15Cl2N3O2S. The number of benzene rings is 2. The van der Waals surface area contributed by atoms with E-state index in [0.29, 0.717) is 33.1 Å². The molecule has 2 aromatic heterocycles. The van der Waals surface area contributed by atoms with Crippen molar-refractivity contribution >= 4 is 51.7 Å². The molecule has 2 heterocycles. The van der Waals surface area contributed by atoms with Crippen molar-refractivity contribution in [1.82, 2.24) is 4.98 Å². The van der Waals surface area contributed by atoms with Gasteiger partial charge in [-0.3, -0.25) is 10.1 Å². The van der Waals surface area contributed by atoms with E-state index in [1.165, 1.54) is 17.4 Å². The molecule has 0 saturated heterocycles. The Morgan fingerprint density at radius 3 is 2.66 bits per heavy atom.